The number of rotatable bonds is 2. The lowest BCUT2D eigenvalue weighted by molar-refractivity contribution is -0.137. The molecule has 7 nitrogen and oxygen atoms in total. The molecule has 0 radical (unpaired) electrons. The van der Waals surface area contributed by atoms with E-state index in [4.69, 9.17) is 0 Å². The summed E-state index contributed by atoms with van der Waals surface area (Å²) in [4.78, 5) is 18.1. The third-order valence-corrected chi connectivity index (χ3v) is 5.61. The van der Waals surface area contributed by atoms with Crippen molar-refractivity contribution in [1.82, 2.24) is 9.88 Å². The fraction of sp³-hybridized carbons (Fsp3) is 0.684. The van der Waals surface area contributed by atoms with Gasteiger partial charge in [0, 0.05) is 32.3 Å². The molecule has 4 unspecified atom stereocenters. The van der Waals surface area contributed by atoms with Crippen LogP contribution < -0.4 is 4.90 Å². The lowest BCUT2D eigenvalue weighted by Crippen LogP contribution is -2.48. The summed E-state index contributed by atoms with van der Waals surface area (Å²) >= 11 is 0. The Morgan fingerprint density at radius 3 is 2.38 bits per heavy atom. The maximum Gasteiger partial charge on any atom is 0.416 e. The third-order valence-electron chi connectivity index (χ3n) is 5.61. The Morgan fingerprint density at radius 1 is 1.21 bits per heavy atom. The van der Waals surface area contributed by atoms with Crippen molar-refractivity contribution in [2.75, 3.05) is 25.0 Å². The van der Waals surface area contributed by atoms with E-state index in [1.54, 1.807) is 14.0 Å². The molecule has 5 atom stereocenters. The molecule has 2 fully saturated rings. The Kier molecular flexibility index (Phi) is 7.47. The topological polar surface area (TPSA) is 97.1 Å². The van der Waals surface area contributed by atoms with Gasteiger partial charge in [0.05, 0.1) is 23.9 Å². The molecular weight excluding hydrogens is 391 g/mol. The molecule has 1 aromatic rings. The molecule has 1 aliphatic heterocycles. The molecule has 0 aromatic carbocycles. The van der Waals surface area contributed by atoms with Gasteiger partial charge >= 0.3 is 12.2 Å². The van der Waals surface area contributed by atoms with Gasteiger partial charge in [0.2, 0.25) is 0 Å². The normalized spacial score (nSPS) is 30.2. The van der Waals surface area contributed by atoms with E-state index in [0.29, 0.717) is 19.5 Å². The number of urea groups is 1. The number of amides is 2. The highest BCUT2D eigenvalue weighted by Crippen LogP contribution is 2.32. The summed E-state index contributed by atoms with van der Waals surface area (Å²) in [6, 6.07) is 1.43. The van der Waals surface area contributed by atoms with E-state index < -0.39 is 30.1 Å². The number of halogens is 3. The SMILES string of the molecule is CCC1CC(O)C(C)C(O)[C@@H]1O.CN1CCN(c2cc(C(F)(F)F)ccn2)C1=O. The summed E-state index contributed by atoms with van der Waals surface area (Å²) in [5.74, 6) is -0.122. The Labute approximate surface area is 167 Å². The fourth-order valence-electron chi connectivity index (χ4n) is 3.49. The number of aromatic nitrogens is 1. The zero-order valence-corrected chi connectivity index (χ0v) is 16.7. The second kappa shape index (κ2) is 9.27. The average molecular weight is 419 g/mol. The van der Waals surface area contributed by atoms with Crippen molar-refractivity contribution >= 4 is 11.8 Å². The Hall–Kier alpha value is -1.91. The van der Waals surface area contributed by atoms with Crippen LogP contribution in [-0.2, 0) is 6.18 Å². The van der Waals surface area contributed by atoms with Crippen molar-refractivity contribution in [1.29, 1.82) is 0 Å². The molecule has 3 N–H and O–H groups in total. The summed E-state index contributed by atoms with van der Waals surface area (Å²) in [6.45, 7) is 4.56. The Balaban J connectivity index is 0.000000221. The first-order valence-electron chi connectivity index (χ1n) is 9.57. The highest BCUT2D eigenvalue weighted by molar-refractivity contribution is 5.93. The maximum atomic E-state index is 12.5. The number of aliphatic hydroxyl groups excluding tert-OH is 3. The molecule has 2 amide bonds. The molecule has 164 valence electrons. The van der Waals surface area contributed by atoms with E-state index in [1.807, 2.05) is 6.92 Å². The third kappa shape index (κ3) is 5.37. The molecule has 0 bridgehead atoms. The zero-order chi connectivity index (χ0) is 21.9. The standard InChI is InChI=1S/C10H10F3N3O.C9H18O3/c1-15-4-5-16(9(15)17)8-6-7(2-3-14-8)10(11,12)13;1-3-6-4-7(10)5(2)8(11)9(6)12/h2-3,6H,4-5H2,1H3;5-12H,3-4H2,1-2H3/t;5?,6?,7?,8?,9-/m.1/s1. The van der Waals surface area contributed by atoms with Crippen molar-refractivity contribution in [3.8, 4) is 0 Å². The number of hydrogen-bond donors (Lipinski definition) is 3. The predicted octanol–water partition coefficient (Wildman–Crippen LogP) is 2.11. The van der Waals surface area contributed by atoms with Crippen LogP contribution in [0.1, 0.15) is 32.3 Å². The molecule has 1 saturated carbocycles. The Bertz CT molecular complexity index is 699. The molecule has 3 rings (SSSR count). The minimum Gasteiger partial charge on any atom is -0.393 e. The van der Waals surface area contributed by atoms with Crippen LogP contribution >= 0.6 is 0 Å². The van der Waals surface area contributed by atoms with Gasteiger partial charge in [-0.05, 0) is 24.5 Å². The van der Waals surface area contributed by atoms with Crippen molar-refractivity contribution in [3.05, 3.63) is 23.9 Å². The lowest BCUT2D eigenvalue weighted by atomic mass is 9.75. The summed E-state index contributed by atoms with van der Waals surface area (Å²) in [6.07, 6.45) is -3.84. The van der Waals surface area contributed by atoms with E-state index in [2.05, 4.69) is 4.98 Å². The van der Waals surface area contributed by atoms with Gasteiger partial charge in [-0.25, -0.2) is 9.78 Å². The van der Waals surface area contributed by atoms with E-state index in [1.165, 1.54) is 9.80 Å². The molecule has 1 saturated heterocycles. The number of carbonyl (C=O) groups excluding carboxylic acids is 1. The fourth-order valence-corrected chi connectivity index (χ4v) is 3.49. The van der Waals surface area contributed by atoms with Crippen molar-refractivity contribution < 1.29 is 33.3 Å². The van der Waals surface area contributed by atoms with Crippen molar-refractivity contribution in [2.24, 2.45) is 11.8 Å². The number of pyridine rings is 1. The number of anilines is 1. The number of hydrogen-bond acceptors (Lipinski definition) is 5. The number of carbonyl (C=O) groups is 1. The summed E-state index contributed by atoms with van der Waals surface area (Å²) in [7, 11) is 1.59. The number of likely N-dealkylation sites (N-methyl/N-ethyl adjacent to an activating group) is 1. The summed E-state index contributed by atoms with van der Waals surface area (Å²) in [5, 5.41) is 28.6. The first-order valence-corrected chi connectivity index (χ1v) is 9.57. The van der Waals surface area contributed by atoms with E-state index in [9.17, 15) is 33.3 Å². The van der Waals surface area contributed by atoms with Gasteiger partial charge in [0.1, 0.15) is 5.82 Å². The first kappa shape index (κ1) is 23.4. The first-order chi connectivity index (χ1) is 13.5. The molecule has 10 heteroatoms. The van der Waals surface area contributed by atoms with Crippen LogP contribution in [0.15, 0.2) is 18.3 Å². The van der Waals surface area contributed by atoms with Crippen LogP contribution in [0.25, 0.3) is 0 Å². The maximum absolute atomic E-state index is 12.5. The van der Waals surface area contributed by atoms with Gasteiger partial charge in [0.25, 0.3) is 0 Å². The number of aliphatic hydroxyl groups is 3. The van der Waals surface area contributed by atoms with Crippen LogP contribution in [0.5, 0.6) is 0 Å². The second-order valence-corrected chi connectivity index (χ2v) is 7.57. The summed E-state index contributed by atoms with van der Waals surface area (Å²) in [5.41, 5.74) is -0.801. The highest BCUT2D eigenvalue weighted by atomic mass is 19.4. The van der Waals surface area contributed by atoms with Gasteiger partial charge in [0.15, 0.2) is 0 Å². The molecular formula is C19H28F3N3O4. The van der Waals surface area contributed by atoms with E-state index in [0.717, 1.165) is 24.8 Å². The van der Waals surface area contributed by atoms with Gasteiger partial charge in [-0.1, -0.05) is 20.3 Å². The van der Waals surface area contributed by atoms with E-state index in [-0.39, 0.29) is 23.7 Å². The van der Waals surface area contributed by atoms with Gasteiger partial charge in [-0.3, -0.25) is 4.90 Å². The minimum atomic E-state index is -4.42. The zero-order valence-electron chi connectivity index (χ0n) is 16.7. The molecule has 1 aromatic heterocycles. The predicted molar refractivity (Wildman–Crippen MR) is 100 cm³/mol. The number of nitrogens with zero attached hydrogens (tertiary/aromatic N) is 3. The highest BCUT2D eigenvalue weighted by Gasteiger charge is 2.39. The van der Waals surface area contributed by atoms with Crippen LogP contribution in [0, 0.1) is 11.8 Å². The second-order valence-electron chi connectivity index (χ2n) is 7.57. The lowest BCUT2D eigenvalue weighted by Gasteiger charge is -2.38. The molecule has 29 heavy (non-hydrogen) atoms. The average Bonchev–Trinajstić information content (AvgIpc) is 3.01. The van der Waals surface area contributed by atoms with Crippen LogP contribution in [-0.4, -0.2) is 69.7 Å². The van der Waals surface area contributed by atoms with Crippen LogP contribution in [0.4, 0.5) is 23.8 Å². The monoisotopic (exact) mass is 419 g/mol. The molecule has 2 aliphatic rings. The summed E-state index contributed by atoms with van der Waals surface area (Å²) < 4.78 is 37.5. The largest absolute Gasteiger partial charge is 0.416 e. The van der Waals surface area contributed by atoms with Crippen molar-refractivity contribution in [2.45, 2.75) is 51.2 Å². The van der Waals surface area contributed by atoms with Gasteiger partial charge in [-0.15, -0.1) is 0 Å². The smallest absolute Gasteiger partial charge is 0.393 e. The van der Waals surface area contributed by atoms with Crippen LogP contribution in [0.3, 0.4) is 0 Å². The van der Waals surface area contributed by atoms with Crippen LogP contribution in [0.2, 0.25) is 0 Å². The quantitative estimate of drug-likeness (QED) is 0.682. The Morgan fingerprint density at radius 2 is 1.86 bits per heavy atom. The number of alkyl halides is 3. The van der Waals surface area contributed by atoms with Gasteiger partial charge in [-0.2, -0.15) is 13.2 Å². The van der Waals surface area contributed by atoms with E-state index >= 15 is 0 Å². The van der Waals surface area contributed by atoms with Gasteiger partial charge < -0.3 is 20.2 Å². The molecule has 2 heterocycles. The minimum absolute atomic E-state index is 0.0363. The molecule has 1 aliphatic carbocycles. The molecule has 0 spiro atoms. The van der Waals surface area contributed by atoms with Crippen molar-refractivity contribution in [3.63, 3.8) is 0 Å².